The van der Waals surface area contributed by atoms with E-state index in [9.17, 15) is 9.59 Å². The highest BCUT2D eigenvalue weighted by Crippen LogP contribution is 2.64. The highest BCUT2D eigenvalue weighted by atomic mass is 35.5. The second-order valence-electron chi connectivity index (χ2n) is 5.68. The summed E-state index contributed by atoms with van der Waals surface area (Å²) in [6.45, 7) is 3.57. The first kappa shape index (κ1) is 18.3. The number of nitrogens with zero attached hydrogens (tertiary/aromatic N) is 1. The Morgan fingerprint density at radius 2 is 1.96 bits per heavy atom. The molecule has 0 radical (unpaired) electrons. The Morgan fingerprint density at radius 1 is 1.38 bits per heavy atom. The normalized spacial score (nSPS) is 21.5. The molecule has 24 heavy (non-hydrogen) atoms. The van der Waals surface area contributed by atoms with Crippen LogP contribution in [0.1, 0.15) is 25.8 Å². The van der Waals surface area contributed by atoms with Crippen molar-refractivity contribution in [2.45, 2.75) is 24.6 Å². The van der Waals surface area contributed by atoms with Gasteiger partial charge in [0.1, 0.15) is 16.0 Å². The number of hydrogen-bond donors (Lipinski definition) is 1. The summed E-state index contributed by atoms with van der Waals surface area (Å²) < 4.78 is 3.77. The van der Waals surface area contributed by atoms with Crippen LogP contribution in [-0.2, 0) is 14.3 Å². The van der Waals surface area contributed by atoms with E-state index in [0.29, 0.717) is 17.7 Å². The van der Waals surface area contributed by atoms with Crippen molar-refractivity contribution in [3.8, 4) is 6.07 Å². The first-order chi connectivity index (χ1) is 11.2. The molecule has 1 aromatic carbocycles. The minimum absolute atomic E-state index is 0.0896. The Bertz CT molecular complexity index is 735. The van der Waals surface area contributed by atoms with Crippen LogP contribution in [0.2, 0.25) is 0 Å². The molecule has 2 rings (SSSR count). The van der Waals surface area contributed by atoms with Crippen molar-refractivity contribution in [3.05, 3.63) is 35.4 Å². The van der Waals surface area contributed by atoms with Crippen LogP contribution in [0.5, 0.6) is 0 Å². The van der Waals surface area contributed by atoms with Crippen molar-refractivity contribution in [2.75, 3.05) is 11.9 Å². The van der Waals surface area contributed by atoms with Crippen LogP contribution in [0, 0.1) is 16.7 Å². The number of benzene rings is 1. The summed E-state index contributed by atoms with van der Waals surface area (Å²) in [5.41, 5.74) is 0.323. The molecule has 0 aliphatic heterocycles. The predicted octanol–water partition coefficient (Wildman–Crippen LogP) is 3.68. The summed E-state index contributed by atoms with van der Waals surface area (Å²) in [4.78, 5) is 23.8. The summed E-state index contributed by atoms with van der Waals surface area (Å²) in [6.07, 6.45) is 1.83. The number of amides is 1. The number of rotatable bonds is 5. The lowest BCUT2D eigenvalue weighted by Gasteiger charge is -2.12. The fourth-order valence-corrected chi connectivity index (χ4v) is 2.80. The number of halogens is 2. The second-order valence-corrected chi connectivity index (χ2v) is 7.16. The average molecular weight is 367 g/mol. The maximum Gasteiger partial charge on any atom is 0.348 e. The molecule has 126 valence electrons. The molecule has 0 saturated heterocycles. The monoisotopic (exact) mass is 366 g/mol. The lowest BCUT2D eigenvalue weighted by Crippen LogP contribution is -2.25. The number of nitrogens with one attached hydrogen (secondary N) is 1. The zero-order valence-corrected chi connectivity index (χ0v) is 14.7. The van der Waals surface area contributed by atoms with Gasteiger partial charge in [-0.25, -0.2) is 4.79 Å². The van der Waals surface area contributed by atoms with Crippen molar-refractivity contribution in [3.63, 3.8) is 0 Å². The average Bonchev–Trinajstić information content (AvgIpc) is 3.06. The van der Waals surface area contributed by atoms with Crippen LogP contribution < -0.4 is 5.32 Å². The van der Waals surface area contributed by atoms with E-state index in [0.717, 1.165) is 0 Å². The van der Waals surface area contributed by atoms with E-state index in [1.807, 2.05) is 0 Å². The highest BCUT2D eigenvalue weighted by molar-refractivity contribution is 6.53. The molecule has 7 heteroatoms. The van der Waals surface area contributed by atoms with Gasteiger partial charge in [0.05, 0.1) is 12.0 Å². The van der Waals surface area contributed by atoms with Crippen LogP contribution >= 0.6 is 23.2 Å². The number of alkyl halides is 2. The lowest BCUT2D eigenvalue weighted by molar-refractivity contribution is -0.137. The lowest BCUT2D eigenvalue weighted by atomic mass is 10.1. The van der Waals surface area contributed by atoms with Crippen LogP contribution in [0.3, 0.4) is 0 Å². The molecule has 1 aliphatic rings. The molecule has 1 aromatic rings. The maximum atomic E-state index is 12.2. The van der Waals surface area contributed by atoms with E-state index in [-0.39, 0.29) is 18.1 Å². The number of hydrogen-bond acceptors (Lipinski definition) is 4. The van der Waals surface area contributed by atoms with Gasteiger partial charge in [0.15, 0.2) is 0 Å². The zero-order chi connectivity index (χ0) is 18.0. The molecule has 0 unspecified atom stereocenters. The summed E-state index contributed by atoms with van der Waals surface area (Å²) in [7, 11) is 0. The van der Waals surface area contributed by atoms with Crippen molar-refractivity contribution in [1.29, 1.82) is 5.26 Å². The third-order valence-electron chi connectivity index (χ3n) is 3.85. The van der Waals surface area contributed by atoms with Gasteiger partial charge in [0.25, 0.3) is 0 Å². The molecule has 0 spiro atoms. The summed E-state index contributed by atoms with van der Waals surface area (Å²) in [5, 5.41) is 11.8. The Balaban J connectivity index is 2.07. The number of carbonyl (C=O) groups excluding carboxylic acids is 2. The van der Waals surface area contributed by atoms with Gasteiger partial charge in [0.2, 0.25) is 5.91 Å². The molecular weight excluding hydrogens is 351 g/mol. The second kappa shape index (κ2) is 6.84. The molecule has 1 amide bonds. The van der Waals surface area contributed by atoms with E-state index >= 15 is 0 Å². The fraction of sp³-hybridized carbons (Fsp3) is 0.353. The molecule has 0 heterocycles. The van der Waals surface area contributed by atoms with Crippen LogP contribution in [0.15, 0.2) is 29.8 Å². The summed E-state index contributed by atoms with van der Waals surface area (Å²) >= 11 is 12.0. The summed E-state index contributed by atoms with van der Waals surface area (Å²) in [6, 6.07) is 8.49. The van der Waals surface area contributed by atoms with E-state index in [1.165, 1.54) is 6.08 Å². The molecule has 5 nitrogen and oxygen atoms in total. The van der Waals surface area contributed by atoms with E-state index < -0.39 is 15.7 Å². The van der Waals surface area contributed by atoms with E-state index in [1.54, 1.807) is 44.2 Å². The molecule has 0 aromatic heterocycles. The number of carbonyl (C=O) groups is 2. The van der Waals surface area contributed by atoms with Gasteiger partial charge in [-0.05, 0) is 44.0 Å². The third-order valence-corrected chi connectivity index (χ3v) is 4.96. The van der Waals surface area contributed by atoms with Gasteiger partial charge in [-0.1, -0.05) is 12.1 Å². The molecular formula is C17H16Cl2N2O3. The van der Waals surface area contributed by atoms with Gasteiger partial charge in [-0.15, -0.1) is 23.2 Å². The van der Waals surface area contributed by atoms with Gasteiger partial charge < -0.3 is 10.1 Å². The Labute approximate surface area is 150 Å². The fourth-order valence-electron chi connectivity index (χ4n) is 2.09. The molecule has 1 fully saturated rings. The largest absolute Gasteiger partial charge is 0.462 e. The molecule has 1 atom stereocenters. The highest BCUT2D eigenvalue weighted by Gasteiger charge is 2.67. The summed E-state index contributed by atoms with van der Waals surface area (Å²) in [5.74, 6) is -0.917. The molecule has 1 N–H and O–H groups in total. The van der Waals surface area contributed by atoms with Gasteiger partial charge in [0, 0.05) is 5.69 Å². The standard InChI is InChI=1S/C17H16Cl2N2O3/c1-3-24-14(22)12(9-20)8-11-4-6-13(7-5-11)21-15(23)16(2)10-17(16,18)19/h4-8H,3,10H2,1-2H3,(H,21,23)/b12-8-/t16-/m0/s1. The first-order valence-corrected chi connectivity index (χ1v) is 8.07. The Hall–Kier alpha value is -2.03. The number of nitriles is 1. The predicted molar refractivity (Wildman–Crippen MR) is 92.5 cm³/mol. The van der Waals surface area contributed by atoms with Crippen LogP contribution in [0.4, 0.5) is 5.69 Å². The Kier molecular flexibility index (Phi) is 5.22. The molecule has 0 bridgehead atoms. The number of anilines is 1. The van der Waals surface area contributed by atoms with Crippen molar-refractivity contribution >= 4 is 46.8 Å². The Morgan fingerprint density at radius 3 is 2.42 bits per heavy atom. The topological polar surface area (TPSA) is 79.2 Å². The van der Waals surface area contributed by atoms with Crippen LogP contribution in [0.25, 0.3) is 6.08 Å². The minimum atomic E-state index is -1.03. The van der Waals surface area contributed by atoms with Crippen molar-refractivity contribution < 1.29 is 14.3 Å². The first-order valence-electron chi connectivity index (χ1n) is 7.32. The smallest absolute Gasteiger partial charge is 0.348 e. The van der Waals surface area contributed by atoms with Crippen molar-refractivity contribution in [1.82, 2.24) is 0 Å². The third kappa shape index (κ3) is 3.72. The van der Waals surface area contributed by atoms with E-state index in [4.69, 9.17) is 33.2 Å². The quantitative estimate of drug-likeness (QED) is 0.373. The SMILES string of the molecule is CCOC(=O)/C(C#N)=C\c1ccc(NC(=O)[C@]2(C)CC2(Cl)Cl)cc1. The molecule has 1 saturated carbocycles. The minimum Gasteiger partial charge on any atom is -0.462 e. The van der Waals surface area contributed by atoms with Crippen LogP contribution in [-0.4, -0.2) is 22.8 Å². The molecule has 1 aliphatic carbocycles. The number of ether oxygens (including phenoxy) is 1. The number of esters is 1. The van der Waals surface area contributed by atoms with Gasteiger partial charge >= 0.3 is 5.97 Å². The van der Waals surface area contributed by atoms with Gasteiger partial charge in [-0.2, -0.15) is 5.26 Å². The zero-order valence-electron chi connectivity index (χ0n) is 13.2. The maximum absolute atomic E-state index is 12.2. The van der Waals surface area contributed by atoms with E-state index in [2.05, 4.69) is 5.32 Å². The van der Waals surface area contributed by atoms with Crippen molar-refractivity contribution in [2.24, 2.45) is 5.41 Å². The van der Waals surface area contributed by atoms with Gasteiger partial charge in [-0.3, -0.25) is 4.79 Å².